The Labute approximate surface area is 509 Å². The number of H-pyrrole nitrogens is 3. The minimum Gasteiger partial charge on any atom is -0.444 e. The Morgan fingerprint density at radius 3 is 1.67 bits per heavy atom. The fraction of sp³-hybridized carbons (Fsp3) is 0.607. The van der Waals surface area contributed by atoms with Crippen molar-refractivity contribution < 1.29 is 53.0 Å². The van der Waals surface area contributed by atoms with Gasteiger partial charge in [-0.05, 0) is 82.1 Å². The van der Waals surface area contributed by atoms with Gasteiger partial charge in [-0.25, -0.2) is 19.7 Å². The maximum atomic E-state index is 14.8. The van der Waals surface area contributed by atoms with E-state index in [0.29, 0.717) is 35.5 Å². The highest BCUT2D eigenvalue weighted by atomic mass is 16.6. The second-order valence-electron chi connectivity index (χ2n) is 25.0. The smallest absolute Gasteiger partial charge is 0.408 e. The number of aliphatic hydroxyl groups excluding tert-OH is 1. The van der Waals surface area contributed by atoms with Crippen molar-refractivity contribution in [1.29, 1.82) is 0 Å². The number of likely N-dealkylation sites (tertiary alicyclic amines) is 1. The molecule has 4 aromatic rings. The third-order valence-electron chi connectivity index (χ3n) is 15.2. The van der Waals surface area contributed by atoms with E-state index in [1.807, 2.05) is 34.6 Å². The van der Waals surface area contributed by atoms with Crippen LogP contribution in [0, 0.1) is 29.6 Å². The molecule has 1 aromatic carbocycles. The molecule has 1 saturated heterocycles. The van der Waals surface area contributed by atoms with Gasteiger partial charge < -0.3 is 72.6 Å². The SMILES string of the molecule is CC[C@H](C)[C@H](NC(=O)[C@@H](NC(=O)[C@@H](CC(C)C)C[C@H](O)[C@H](CC(C)C)NC(=O)[C@H](Cc1cnc[nH]1)NC(=O)[C@H](Cc1ccccc1)NC(=O)[C@@H]1CCCN1C(=O)[C@H](Cc1cnc[nH]1)NC(=O)OC(C)(C)C)C(C)C)C(=O)N[C@@H](Cc1cnc[nH]1)C(N)=O. The van der Waals surface area contributed by atoms with Gasteiger partial charge in [-0.1, -0.05) is 92.1 Å². The summed E-state index contributed by atoms with van der Waals surface area (Å²) < 4.78 is 5.48. The lowest BCUT2D eigenvalue weighted by Gasteiger charge is -2.32. The largest absolute Gasteiger partial charge is 0.444 e. The second kappa shape index (κ2) is 33.1. The molecule has 11 atom stereocenters. The minimum atomic E-state index is -1.32. The molecule has 9 amide bonds. The summed E-state index contributed by atoms with van der Waals surface area (Å²) in [5, 5.41) is 32.0. The fourth-order valence-corrected chi connectivity index (χ4v) is 10.5. The Balaban J connectivity index is 1.35. The highest BCUT2D eigenvalue weighted by molar-refractivity contribution is 5.97. The van der Waals surface area contributed by atoms with Crippen LogP contribution in [0.1, 0.15) is 137 Å². The molecule has 3 aromatic heterocycles. The van der Waals surface area contributed by atoms with Crippen LogP contribution in [0.5, 0.6) is 0 Å². The average molecular weight is 1210 g/mol. The Kier molecular flexibility index (Phi) is 26.5. The lowest BCUT2D eigenvalue weighted by Crippen LogP contribution is -2.60. The van der Waals surface area contributed by atoms with E-state index in [1.165, 1.54) is 42.5 Å². The van der Waals surface area contributed by atoms with Gasteiger partial charge in [0.2, 0.25) is 47.3 Å². The number of aliphatic hydroxyl groups is 1. The lowest BCUT2D eigenvalue weighted by atomic mass is 9.86. The van der Waals surface area contributed by atoms with Gasteiger partial charge in [0.25, 0.3) is 0 Å². The van der Waals surface area contributed by atoms with E-state index in [9.17, 15) is 48.3 Å². The molecular weight excluding hydrogens is 1120 g/mol. The summed E-state index contributed by atoms with van der Waals surface area (Å²) in [5.74, 6) is -7.03. The van der Waals surface area contributed by atoms with E-state index in [1.54, 1.807) is 71.9 Å². The number of nitrogens with one attached hydrogen (secondary N) is 10. The molecule has 26 heteroatoms. The Bertz CT molecular complexity index is 2840. The highest BCUT2D eigenvalue weighted by Gasteiger charge is 2.41. The molecule has 0 aliphatic carbocycles. The number of amides is 9. The normalized spacial score (nSPS) is 16.9. The maximum Gasteiger partial charge on any atom is 0.408 e. The number of nitrogens with zero attached hydrogens (tertiary/aromatic N) is 4. The summed E-state index contributed by atoms with van der Waals surface area (Å²) in [6.07, 6.45) is 8.24. The van der Waals surface area contributed by atoms with Crippen LogP contribution in [0.25, 0.3) is 0 Å². The zero-order chi connectivity index (χ0) is 64.1. The van der Waals surface area contributed by atoms with Crippen molar-refractivity contribution in [1.82, 2.24) is 72.0 Å². The van der Waals surface area contributed by atoms with E-state index >= 15 is 0 Å². The molecular formula is C61H93N15O11. The summed E-state index contributed by atoms with van der Waals surface area (Å²) in [6, 6.07) is -0.109. The molecule has 4 heterocycles. The fourth-order valence-electron chi connectivity index (χ4n) is 10.5. The third kappa shape index (κ3) is 22.3. The lowest BCUT2D eigenvalue weighted by molar-refractivity contribution is -0.141. The molecule has 1 aliphatic heterocycles. The molecule has 13 N–H and O–H groups in total. The molecule has 87 heavy (non-hydrogen) atoms. The topological polar surface area (TPSA) is 383 Å². The number of aromatic amines is 3. The molecule has 5 rings (SSSR count). The minimum absolute atomic E-state index is 0.00804. The van der Waals surface area contributed by atoms with E-state index in [4.69, 9.17) is 10.5 Å². The molecule has 0 unspecified atom stereocenters. The number of nitrogens with two attached hydrogens (primary N) is 1. The van der Waals surface area contributed by atoms with Crippen molar-refractivity contribution in [2.45, 2.75) is 200 Å². The van der Waals surface area contributed by atoms with Crippen LogP contribution < -0.4 is 43.0 Å². The van der Waals surface area contributed by atoms with Crippen molar-refractivity contribution in [3.05, 3.63) is 90.5 Å². The predicted molar refractivity (Wildman–Crippen MR) is 323 cm³/mol. The first-order chi connectivity index (χ1) is 41.1. The number of primary amides is 1. The van der Waals surface area contributed by atoms with E-state index < -0.39 is 131 Å². The summed E-state index contributed by atoms with van der Waals surface area (Å²) in [5.41, 5.74) is 7.09. The van der Waals surface area contributed by atoms with Gasteiger partial charge >= 0.3 is 6.09 Å². The van der Waals surface area contributed by atoms with Crippen LogP contribution in [0.2, 0.25) is 0 Å². The van der Waals surface area contributed by atoms with Crippen LogP contribution in [-0.4, -0.2) is 160 Å². The number of alkyl carbamates (subject to hydrolysis) is 1. The first-order valence-corrected chi connectivity index (χ1v) is 30.2. The first-order valence-electron chi connectivity index (χ1n) is 30.2. The number of rotatable bonds is 33. The van der Waals surface area contributed by atoms with Crippen molar-refractivity contribution in [3.8, 4) is 0 Å². The van der Waals surface area contributed by atoms with Gasteiger partial charge in [-0.3, -0.25) is 38.4 Å². The highest BCUT2D eigenvalue weighted by Crippen LogP contribution is 2.24. The van der Waals surface area contributed by atoms with E-state index in [-0.39, 0.29) is 69.7 Å². The monoisotopic (exact) mass is 1210 g/mol. The number of imidazole rings is 3. The first kappa shape index (κ1) is 69.6. The van der Waals surface area contributed by atoms with Gasteiger partial charge in [0, 0.05) is 73.8 Å². The van der Waals surface area contributed by atoms with E-state index in [0.717, 1.165) is 0 Å². The van der Waals surface area contributed by atoms with Gasteiger partial charge in [0.15, 0.2) is 0 Å². The molecule has 26 nitrogen and oxygen atoms in total. The number of hydrogen-bond donors (Lipinski definition) is 12. The quantitative estimate of drug-likeness (QED) is 0.0326. The molecule has 0 radical (unpaired) electrons. The number of ether oxygens (including phenoxy) is 1. The number of hydrogen-bond acceptors (Lipinski definition) is 14. The zero-order valence-corrected chi connectivity index (χ0v) is 52.1. The Morgan fingerprint density at radius 1 is 0.632 bits per heavy atom. The van der Waals surface area contributed by atoms with Gasteiger partial charge in [-0.15, -0.1) is 0 Å². The zero-order valence-electron chi connectivity index (χ0n) is 52.1. The van der Waals surface area contributed by atoms with Crippen LogP contribution in [0.4, 0.5) is 4.79 Å². The average Bonchev–Trinajstić information content (AvgIpc) is 3.09. The molecule has 0 spiro atoms. The van der Waals surface area contributed by atoms with Crippen molar-refractivity contribution in [2.24, 2.45) is 35.3 Å². The van der Waals surface area contributed by atoms with Crippen molar-refractivity contribution in [2.75, 3.05) is 6.54 Å². The van der Waals surface area contributed by atoms with Crippen LogP contribution >= 0.6 is 0 Å². The van der Waals surface area contributed by atoms with Crippen LogP contribution in [0.15, 0.2) is 67.9 Å². The van der Waals surface area contributed by atoms with Gasteiger partial charge in [0.05, 0.1) is 31.1 Å². The summed E-state index contributed by atoms with van der Waals surface area (Å²) >= 11 is 0. The molecule has 0 saturated carbocycles. The van der Waals surface area contributed by atoms with Gasteiger partial charge in [0.1, 0.15) is 47.9 Å². The number of carbonyl (C=O) groups excluding carboxylic acids is 9. The van der Waals surface area contributed by atoms with E-state index in [2.05, 4.69) is 67.1 Å². The standard InChI is InChI=1S/C61H93N15O11/c1-12-37(8)51(58(84)70-44(52(62)78)25-40-28-63-31-66-40)75-57(83)50(36(6)7)74-53(79)39(21-34(2)3)24-49(77)43(22-35(4)5)69-55(81)46(26-41-29-64-32-67-41)71-54(80)45(23-38-17-14-13-15-18-38)72-56(82)48-19-16-20-76(48)59(85)47(27-42-30-65-33-68-42)73-60(86)87-61(9,10)11/h13-15,17-18,28-37,39,43-51,77H,12,16,19-27H2,1-11H3,(H2,62,78)(H,63,66)(H,64,67)(H,65,68)(H,69,81)(H,70,84)(H,71,80)(H,72,82)(H,73,86)(H,74,79)(H,75,83)/t37-,39-,43-,44-,45-,46-,47-,48-,49-,50-,51-/m0/s1. The molecule has 1 aliphatic rings. The van der Waals surface area contributed by atoms with Gasteiger partial charge in [-0.2, -0.15) is 0 Å². The molecule has 0 bridgehead atoms. The Morgan fingerprint density at radius 2 is 1.15 bits per heavy atom. The summed E-state index contributed by atoms with van der Waals surface area (Å²) in [7, 11) is 0. The summed E-state index contributed by atoms with van der Waals surface area (Å²) in [4.78, 5) is 149. The maximum absolute atomic E-state index is 14.8. The van der Waals surface area contributed by atoms with Crippen LogP contribution in [0.3, 0.4) is 0 Å². The second-order valence-corrected chi connectivity index (χ2v) is 25.0. The van der Waals surface area contributed by atoms with Crippen molar-refractivity contribution in [3.63, 3.8) is 0 Å². The Hall–Kier alpha value is -8.16. The summed E-state index contributed by atoms with van der Waals surface area (Å²) in [6.45, 7) is 20.0. The number of aromatic nitrogens is 6. The van der Waals surface area contributed by atoms with Crippen LogP contribution in [-0.2, 0) is 68.8 Å². The predicted octanol–water partition coefficient (Wildman–Crippen LogP) is 2.57. The third-order valence-corrected chi connectivity index (χ3v) is 15.2. The molecule has 478 valence electrons. The molecule has 1 fully saturated rings. The van der Waals surface area contributed by atoms with Crippen molar-refractivity contribution >= 4 is 53.4 Å². The number of carbonyl (C=O) groups is 9. The number of benzene rings is 1.